The molecule has 2 fully saturated rings. The van der Waals surface area contributed by atoms with E-state index in [1.165, 1.54) is 0 Å². The number of rotatable bonds is 3. The van der Waals surface area contributed by atoms with Gasteiger partial charge in [0.1, 0.15) is 0 Å². The first-order valence-corrected chi connectivity index (χ1v) is 8.87. The van der Waals surface area contributed by atoms with E-state index in [4.69, 9.17) is 0 Å². The maximum atomic E-state index is 12.6. The molecular formula is C18H24N4O2. The third-order valence-electron chi connectivity index (χ3n) is 5.68. The molecule has 0 unspecified atom stereocenters. The van der Waals surface area contributed by atoms with Crippen molar-refractivity contribution >= 4 is 11.7 Å². The molecule has 0 aromatic carbocycles. The molecule has 1 N–H and O–H groups in total. The Hall–Kier alpha value is -2.11. The van der Waals surface area contributed by atoms with Crippen molar-refractivity contribution in [2.75, 3.05) is 18.0 Å². The molecule has 6 heteroatoms. The summed E-state index contributed by atoms with van der Waals surface area (Å²) in [6, 6.07) is 0.0982. The van der Waals surface area contributed by atoms with Gasteiger partial charge in [0, 0.05) is 44.5 Å². The molecular weight excluding hydrogens is 304 g/mol. The molecule has 0 spiro atoms. The van der Waals surface area contributed by atoms with Crippen LogP contribution in [0.2, 0.25) is 0 Å². The van der Waals surface area contributed by atoms with Crippen molar-refractivity contribution in [3.05, 3.63) is 34.9 Å². The summed E-state index contributed by atoms with van der Waals surface area (Å²) in [4.78, 5) is 31.1. The van der Waals surface area contributed by atoms with Gasteiger partial charge < -0.3 is 14.8 Å². The standard InChI is InChI=1S/C18H24N4O2/c1-21-8-6-19-16(18(21)24)22-7-2-3-14(11-22)20-17(23)15-10-12-4-5-13(15)9-12/h4-6,8,12-15H,2-3,7,9-11H2,1H3,(H,20,23)/t12-,13-,14-,15-/m0/s1. The van der Waals surface area contributed by atoms with E-state index in [0.29, 0.717) is 24.2 Å². The number of piperidine rings is 1. The largest absolute Gasteiger partial charge is 0.351 e. The minimum Gasteiger partial charge on any atom is -0.351 e. The van der Waals surface area contributed by atoms with Crippen LogP contribution in [0.5, 0.6) is 0 Å². The van der Waals surface area contributed by atoms with Crippen molar-refractivity contribution in [3.8, 4) is 0 Å². The molecule has 1 saturated carbocycles. The number of hydrogen-bond acceptors (Lipinski definition) is 4. The van der Waals surface area contributed by atoms with Crippen molar-refractivity contribution in [1.82, 2.24) is 14.9 Å². The number of anilines is 1. The summed E-state index contributed by atoms with van der Waals surface area (Å²) >= 11 is 0. The third kappa shape index (κ3) is 2.74. The molecule has 128 valence electrons. The molecule has 24 heavy (non-hydrogen) atoms. The van der Waals surface area contributed by atoms with Crippen molar-refractivity contribution in [1.29, 1.82) is 0 Å². The molecule has 2 bridgehead atoms. The predicted octanol–water partition coefficient (Wildman–Crippen LogP) is 1.08. The van der Waals surface area contributed by atoms with Crippen LogP contribution in [0.15, 0.2) is 29.3 Å². The smallest absolute Gasteiger partial charge is 0.293 e. The van der Waals surface area contributed by atoms with Gasteiger partial charge in [-0.05, 0) is 37.5 Å². The fourth-order valence-electron chi connectivity index (χ4n) is 4.38. The molecule has 1 amide bonds. The van der Waals surface area contributed by atoms with Gasteiger partial charge in [0.05, 0.1) is 0 Å². The predicted molar refractivity (Wildman–Crippen MR) is 91.7 cm³/mol. The number of nitrogens with one attached hydrogen (secondary N) is 1. The van der Waals surface area contributed by atoms with Gasteiger partial charge in [-0.2, -0.15) is 0 Å². The van der Waals surface area contributed by atoms with Crippen LogP contribution < -0.4 is 15.8 Å². The van der Waals surface area contributed by atoms with Crippen LogP contribution >= 0.6 is 0 Å². The van der Waals surface area contributed by atoms with Crippen molar-refractivity contribution in [3.63, 3.8) is 0 Å². The summed E-state index contributed by atoms with van der Waals surface area (Å²) in [5.74, 6) is 1.84. The van der Waals surface area contributed by atoms with Crippen LogP contribution in [-0.4, -0.2) is 34.6 Å². The molecule has 0 radical (unpaired) electrons. The SMILES string of the molecule is Cn1ccnc(N2CCC[C@H](NC(=O)[C@H]3C[C@H]4C=C[C@H]3C4)C2)c1=O. The highest BCUT2D eigenvalue weighted by Crippen LogP contribution is 2.43. The number of hydrogen-bond donors (Lipinski definition) is 1. The lowest BCUT2D eigenvalue weighted by Gasteiger charge is -2.34. The topological polar surface area (TPSA) is 67.2 Å². The van der Waals surface area contributed by atoms with Gasteiger partial charge in [-0.3, -0.25) is 9.59 Å². The summed E-state index contributed by atoms with van der Waals surface area (Å²) in [5, 5.41) is 3.23. The monoisotopic (exact) mass is 328 g/mol. The van der Waals surface area contributed by atoms with Gasteiger partial charge in [-0.1, -0.05) is 12.2 Å². The number of aromatic nitrogens is 2. The molecule has 2 heterocycles. The molecule has 1 aliphatic heterocycles. The summed E-state index contributed by atoms with van der Waals surface area (Å²) in [5.41, 5.74) is -0.0808. The van der Waals surface area contributed by atoms with Crippen LogP contribution in [0.3, 0.4) is 0 Å². The molecule has 1 saturated heterocycles. The van der Waals surface area contributed by atoms with Gasteiger partial charge in [0.2, 0.25) is 5.91 Å². The first-order valence-electron chi connectivity index (χ1n) is 8.87. The zero-order valence-corrected chi connectivity index (χ0v) is 14.0. The highest BCUT2D eigenvalue weighted by atomic mass is 16.2. The number of fused-ring (bicyclic) bond motifs is 2. The van der Waals surface area contributed by atoms with E-state index < -0.39 is 0 Å². The Morgan fingerprint density at radius 3 is 2.96 bits per heavy atom. The van der Waals surface area contributed by atoms with Gasteiger partial charge in [0.15, 0.2) is 5.82 Å². The van der Waals surface area contributed by atoms with Crippen LogP contribution in [0.1, 0.15) is 25.7 Å². The van der Waals surface area contributed by atoms with E-state index in [0.717, 1.165) is 32.2 Å². The summed E-state index contributed by atoms with van der Waals surface area (Å²) in [7, 11) is 1.74. The molecule has 3 aliphatic rings. The summed E-state index contributed by atoms with van der Waals surface area (Å²) < 4.78 is 1.55. The van der Waals surface area contributed by atoms with Crippen LogP contribution in [-0.2, 0) is 11.8 Å². The highest BCUT2D eigenvalue weighted by Gasteiger charge is 2.40. The van der Waals surface area contributed by atoms with Crippen LogP contribution in [0.4, 0.5) is 5.82 Å². The zero-order chi connectivity index (χ0) is 16.7. The maximum absolute atomic E-state index is 12.6. The fraction of sp³-hybridized carbons (Fsp3) is 0.611. The highest BCUT2D eigenvalue weighted by molar-refractivity contribution is 5.80. The van der Waals surface area contributed by atoms with E-state index in [1.807, 2.05) is 4.90 Å². The van der Waals surface area contributed by atoms with E-state index in [9.17, 15) is 9.59 Å². The Morgan fingerprint density at radius 2 is 2.21 bits per heavy atom. The van der Waals surface area contributed by atoms with E-state index in [2.05, 4.69) is 22.5 Å². The van der Waals surface area contributed by atoms with Crippen molar-refractivity contribution in [2.45, 2.75) is 31.7 Å². The molecule has 6 nitrogen and oxygen atoms in total. The van der Waals surface area contributed by atoms with Gasteiger partial charge in [0.25, 0.3) is 5.56 Å². The Balaban J connectivity index is 1.42. The number of nitrogens with zero attached hydrogens (tertiary/aromatic N) is 3. The lowest BCUT2D eigenvalue weighted by atomic mass is 9.92. The molecule has 4 atom stereocenters. The minimum absolute atomic E-state index is 0.0808. The molecule has 2 aliphatic carbocycles. The summed E-state index contributed by atoms with van der Waals surface area (Å²) in [6.45, 7) is 1.48. The second-order valence-corrected chi connectivity index (χ2v) is 7.35. The lowest BCUT2D eigenvalue weighted by Crippen LogP contribution is -2.51. The Kier molecular flexibility index (Phi) is 3.90. The normalized spacial score (nSPS) is 31.5. The number of amides is 1. The number of carbonyl (C=O) groups is 1. The lowest BCUT2D eigenvalue weighted by molar-refractivity contribution is -0.126. The van der Waals surface area contributed by atoms with E-state index in [1.54, 1.807) is 24.0 Å². The Bertz CT molecular complexity index is 726. The zero-order valence-electron chi connectivity index (χ0n) is 14.0. The molecule has 1 aromatic heterocycles. The summed E-state index contributed by atoms with van der Waals surface area (Å²) in [6.07, 6.45) is 11.8. The third-order valence-corrected chi connectivity index (χ3v) is 5.68. The van der Waals surface area contributed by atoms with Crippen molar-refractivity contribution < 1.29 is 4.79 Å². The minimum atomic E-state index is -0.0808. The number of aryl methyl sites for hydroxylation is 1. The average Bonchev–Trinajstić information content (AvgIpc) is 3.21. The Morgan fingerprint density at radius 1 is 1.33 bits per heavy atom. The fourth-order valence-corrected chi connectivity index (χ4v) is 4.38. The Labute approximate surface area is 141 Å². The van der Waals surface area contributed by atoms with Crippen LogP contribution in [0, 0.1) is 17.8 Å². The van der Waals surface area contributed by atoms with Crippen LogP contribution in [0.25, 0.3) is 0 Å². The van der Waals surface area contributed by atoms with E-state index in [-0.39, 0.29) is 23.4 Å². The van der Waals surface area contributed by atoms with Crippen molar-refractivity contribution in [2.24, 2.45) is 24.8 Å². The first-order chi connectivity index (χ1) is 11.6. The van der Waals surface area contributed by atoms with E-state index >= 15 is 0 Å². The maximum Gasteiger partial charge on any atom is 0.293 e. The van der Waals surface area contributed by atoms with Gasteiger partial charge in [-0.15, -0.1) is 0 Å². The first kappa shape index (κ1) is 15.4. The number of allylic oxidation sites excluding steroid dienone is 2. The second-order valence-electron chi connectivity index (χ2n) is 7.35. The van der Waals surface area contributed by atoms with Gasteiger partial charge >= 0.3 is 0 Å². The molecule has 1 aromatic rings. The number of carbonyl (C=O) groups excluding carboxylic acids is 1. The second kappa shape index (κ2) is 6.07. The van der Waals surface area contributed by atoms with Gasteiger partial charge in [-0.25, -0.2) is 4.98 Å². The quantitative estimate of drug-likeness (QED) is 0.843. The molecule has 4 rings (SSSR count). The average molecular weight is 328 g/mol.